The van der Waals surface area contributed by atoms with Crippen LogP contribution in [0.2, 0.25) is 0 Å². The van der Waals surface area contributed by atoms with Gasteiger partial charge in [0.25, 0.3) is 0 Å². The van der Waals surface area contributed by atoms with Gasteiger partial charge in [0.2, 0.25) is 6.29 Å². The van der Waals surface area contributed by atoms with E-state index in [1.807, 2.05) is 6.07 Å². The van der Waals surface area contributed by atoms with Crippen LogP contribution < -0.4 is 18.9 Å². The van der Waals surface area contributed by atoms with Gasteiger partial charge in [-0.25, -0.2) is 0 Å². The van der Waals surface area contributed by atoms with Crippen LogP contribution >= 0.6 is 0 Å². The van der Waals surface area contributed by atoms with Crippen molar-refractivity contribution in [2.24, 2.45) is 0 Å². The van der Waals surface area contributed by atoms with Gasteiger partial charge in [0.1, 0.15) is 73.2 Å². The summed E-state index contributed by atoms with van der Waals surface area (Å²) in [5, 5.41) is 125. The summed E-state index contributed by atoms with van der Waals surface area (Å²) < 4.78 is 52.8. The lowest BCUT2D eigenvalue weighted by atomic mass is 9.90. The molecule has 0 saturated carbocycles. The van der Waals surface area contributed by atoms with Gasteiger partial charge in [-0.15, -0.1) is 0 Å². The van der Waals surface area contributed by atoms with Crippen molar-refractivity contribution >= 4 is 6.08 Å². The number of fused-ring (bicyclic) bond motifs is 1. The van der Waals surface area contributed by atoms with Crippen molar-refractivity contribution in [1.29, 1.82) is 0 Å². The van der Waals surface area contributed by atoms with E-state index < -0.39 is 124 Å². The monoisotopic (exact) mass is 844 g/mol. The predicted octanol–water partition coefficient (Wildman–Crippen LogP) is -4.25. The highest BCUT2D eigenvalue weighted by Gasteiger charge is 2.55. The first-order chi connectivity index (χ1) is 28.3. The van der Waals surface area contributed by atoms with E-state index in [4.69, 9.17) is 42.6 Å². The molecule has 21 heteroatoms. The quantitative estimate of drug-likeness (QED) is 0.0808. The fraction of sp³-hybridized carbons (Fsp3) is 0.632. The molecule has 0 unspecified atom stereocenters. The molecule has 2 aromatic rings. The standard InChI is InChI=1S/C38H52O21/c1-51-20-10-16(32-18(11-40)17-8-15(4-3-7-39)9-21(52-2)33(17)57-32)5-6-19(20)53-38-35(59-37-31(50)29(48)26(45)23(13-42)55-37)34(27(46)24(14-43)56-38)58-36-30(49)28(47)25(44)22(12-41)54-36/h3-6,8-10,18,22-32,34-50H,7,11-14H2,1-2H3/t18-,22-,23-,24-,25-,26-,27-,28+,29+,30-,31-,32+,34+,35-,36+,37+,38-/m1/s1. The average molecular weight is 845 g/mol. The van der Waals surface area contributed by atoms with Gasteiger partial charge in [0, 0.05) is 5.56 Å². The first-order valence-electron chi connectivity index (χ1n) is 18.8. The third-order valence-electron chi connectivity index (χ3n) is 10.8. The molecule has 0 spiro atoms. The SMILES string of the molecule is COc1cc([C@@H]2Oc3c(OC)cc(C=CCO)cc3[C@H]2CO)ccc1O[C@@H]1O[C@H](CO)[C@@H](O)[C@H](O[C@@H]2O[C@H](CO)[C@@H](O)[C@H](O)[C@H]2O)[C@H]1O[C@@H]1O[C@H](CO)[C@@H](O)[C@H](O)[C@H]1O. The number of aliphatic hydroxyl groups excluding tert-OH is 12. The first-order valence-corrected chi connectivity index (χ1v) is 18.8. The maximum atomic E-state index is 11.4. The number of methoxy groups -OCH3 is 2. The van der Waals surface area contributed by atoms with Crippen molar-refractivity contribution in [3.8, 4) is 23.0 Å². The topological polar surface area (TPSA) is 326 Å². The smallest absolute Gasteiger partial charge is 0.229 e. The number of hydrogen-bond donors (Lipinski definition) is 12. The molecule has 4 aliphatic rings. The Hall–Kier alpha value is -3.30. The summed E-state index contributed by atoms with van der Waals surface area (Å²) in [6, 6.07) is 8.15. The lowest BCUT2D eigenvalue weighted by Gasteiger charge is -2.48. The number of benzene rings is 2. The van der Waals surface area contributed by atoms with E-state index in [0.29, 0.717) is 28.2 Å². The number of ether oxygens (including phenoxy) is 9. The third-order valence-corrected chi connectivity index (χ3v) is 10.8. The van der Waals surface area contributed by atoms with Crippen LogP contribution in [0.4, 0.5) is 0 Å². The maximum Gasteiger partial charge on any atom is 0.229 e. The molecule has 17 atom stereocenters. The van der Waals surface area contributed by atoms with E-state index in [1.54, 1.807) is 30.4 Å². The van der Waals surface area contributed by atoms with Gasteiger partial charge >= 0.3 is 0 Å². The summed E-state index contributed by atoms with van der Waals surface area (Å²) in [5.41, 5.74) is 1.87. The summed E-state index contributed by atoms with van der Waals surface area (Å²) >= 11 is 0. The molecule has 330 valence electrons. The second-order valence-corrected chi connectivity index (χ2v) is 14.4. The second-order valence-electron chi connectivity index (χ2n) is 14.4. The summed E-state index contributed by atoms with van der Waals surface area (Å²) in [6.45, 7) is -3.00. The lowest BCUT2D eigenvalue weighted by Crippen LogP contribution is -2.67. The van der Waals surface area contributed by atoms with Gasteiger partial charge in [-0.3, -0.25) is 0 Å². The lowest BCUT2D eigenvalue weighted by molar-refractivity contribution is -0.384. The molecular formula is C38H52O21. The van der Waals surface area contributed by atoms with Crippen LogP contribution in [0.5, 0.6) is 23.0 Å². The first kappa shape index (κ1) is 45.2. The van der Waals surface area contributed by atoms with E-state index in [-0.39, 0.29) is 24.7 Å². The minimum atomic E-state index is -1.97. The maximum absolute atomic E-state index is 11.4. The number of hydrogen-bond acceptors (Lipinski definition) is 21. The Balaban J connectivity index is 1.34. The largest absolute Gasteiger partial charge is 0.493 e. The third kappa shape index (κ3) is 9.03. The molecule has 0 aliphatic carbocycles. The molecule has 4 aliphatic heterocycles. The average Bonchev–Trinajstić information content (AvgIpc) is 3.63. The van der Waals surface area contributed by atoms with Crippen LogP contribution in [0, 0.1) is 0 Å². The van der Waals surface area contributed by atoms with Crippen molar-refractivity contribution < 1.29 is 104 Å². The molecular weight excluding hydrogens is 792 g/mol. The van der Waals surface area contributed by atoms with Gasteiger partial charge < -0.3 is 104 Å². The Morgan fingerprint density at radius 1 is 0.576 bits per heavy atom. The van der Waals surface area contributed by atoms with E-state index in [2.05, 4.69) is 0 Å². The molecule has 0 bridgehead atoms. The van der Waals surface area contributed by atoms with Crippen molar-refractivity contribution in [1.82, 2.24) is 0 Å². The van der Waals surface area contributed by atoms with Crippen molar-refractivity contribution in [2.75, 3.05) is 47.3 Å². The van der Waals surface area contributed by atoms with Gasteiger partial charge in [-0.05, 0) is 35.4 Å². The molecule has 3 fully saturated rings. The molecule has 59 heavy (non-hydrogen) atoms. The van der Waals surface area contributed by atoms with E-state index >= 15 is 0 Å². The molecule has 12 N–H and O–H groups in total. The fourth-order valence-corrected chi connectivity index (χ4v) is 7.54. The normalized spacial score (nSPS) is 38.5. The predicted molar refractivity (Wildman–Crippen MR) is 195 cm³/mol. The van der Waals surface area contributed by atoms with Crippen LogP contribution in [0.1, 0.15) is 28.7 Å². The Morgan fingerprint density at radius 2 is 1.14 bits per heavy atom. The van der Waals surface area contributed by atoms with Crippen LogP contribution in [0.3, 0.4) is 0 Å². The molecule has 0 amide bonds. The minimum absolute atomic E-state index is 0.0339. The molecule has 4 heterocycles. The highest BCUT2D eigenvalue weighted by Crippen LogP contribution is 2.52. The van der Waals surface area contributed by atoms with E-state index in [0.717, 1.165) is 0 Å². The van der Waals surface area contributed by atoms with Gasteiger partial charge in [-0.2, -0.15) is 0 Å². The van der Waals surface area contributed by atoms with Crippen LogP contribution in [0.15, 0.2) is 36.4 Å². The van der Waals surface area contributed by atoms with E-state index in [1.165, 1.54) is 20.3 Å². The van der Waals surface area contributed by atoms with E-state index in [9.17, 15) is 61.3 Å². The van der Waals surface area contributed by atoms with Crippen molar-refractivity contribution in [3.63, 3.8) is 0 Å². The zero-order chi connectivity index (χ0) is 42.7. The zero-order valence-corrected chi connectivity index (χ0v) is 31.9. The molecule has 0 aromatic heterocycles. The molecule has 2 aromatic carbocycles. The second kappa shape index (κ2) is 19.6. The van der Waals surface area contributed by atoms with Gasteiger partial charge in [0.15, 0.2) is 41.7 Å². The highest BCUT2D eigenvalue weighted by molar-refractivity contribution is 5.62. The molecule has 21 nitrogen and oxygen atoms in total. The molecule has 3 saturated heterocycles. The van der Waals surface area contributed by atoms with Gasteiger partial charge in [0.05, 0.1) is 53.2 Å². The summed E-state index contributed by atoms with van der Waals surface area (Å²) in [4.78, 5) is 0. The highest BCUT2D eigenvalue weighted by atomic mass is 16.8. The number of aliphatic hydroxyl groups is 12. The minimum Gasteiger partial charge on any atom is -0.493 e. The van der Waals surface area contributed by atoms with Crippen LogP contribution in [-0.2, 0) is 23.7 Å². The van der Waals surface area contributed by atoms with Crippen molar-refractivity contribution in [3.05, 3.63) is 53.1 Å². The summed E-state index contributed by atoms with van der Waals surface area (Å²) in [5.74, 6) is 0.260. The Morgan fingerprint density at radius 3 is 1.68 bits per heavy atom. The zero-order valence-electron chi connectivity index (χ0n) is 31.9. The Bertz CT molecular complexity index is 1710. The van der Waals surface area contributed by atoms with Crippen LogP contribution in [-0.4, -0.2) is 201 Å². The Labute approximate surface area is 337 Å². The molecule has 0 radical (unpaired) electrons. The van der Waals surface area contributed by atoms with Gasteiger partial charge in [-0.1, -0.05) is 18.2 Å². The summed E-state index contributed by atoms with van der Waals surface area (Å²) in [6.07, 6.45) is -24.1. The Kier molecular flexibility index (Phi) is 15.0. The van der Waals surface area contributed by atoms with Crippen molar-refractivity contribution in [2.45, 2.75) is 104 Å². The fourth-order valence-electron chi connectivity index (χ4n) is 7.54. The number of rotatable bonds is 15. The summed E-state index contributed by atoms with van der Waals surface area (Å²) in [7, 11) is 2.80. The molecule has 6 rings (SSSR count). The van der Waals surface area contributed by atoms with Crippen LogP contribution in [0.25, 0.3) is 6.08 Å².